The summed E-state index contributed by atoms with van der Waals surface area (Å²) in [5, 5.41) is -0.280. The van der Waals surface area contributed by atoms with Crippen LogP contribution >= 0.6 is 27.5 Å². The highest BCUT2D eigenvalue weighted by atomic mass is 79.9. The van der Waals surface area contributed by atoms with Gasteiger partial charge in [0.15, 0.2) is 0 Å². The van der Waals surface area contributed by atoms with E-state index in [2.05, 4.69) is 56.6 Å². The molecule has 0 aliphatic rings. The van der Waals surface area contributed by atoms with E-state index < -0.39 is 0 Å². The minimum Gasteiger partial charge on any atom is -0.281 e. The van der Waals surface area contributed by atoms with Crippen molar-refractivity contribution in [3.05, 3.63) is 22.8 Å². The Bertz CT molecular complexity index is 317. The van der Waals surface area contributed by atoms with Crippen LogP contribution in [0.3, 0.4) is 0 Å². The van der Waals surface area contributed by atoms with Crippen LogP contribution in [0.15, 0.2) is 22.8 Å². The first-order valence-corrected chi connectivity index (χ1v) is 6.54. The largest absolute Gasteiger partial charge is 0.281 e. The molecule has 0 saturated carbocycles. The smallest absolute Gasteiger partial charge is 0.221 e. The van der Waals surface area contributed by atoms with Crippen LogP contribution < -0.4 is 0 Å². The number of carbonyl (C=O) groups excluding carboxylic acids is 1. The average Bonchev–Trinajstić information content (AvgIpc) is 2.09. The van der Waals surface area contributed by atoms with Crippen LogP contribution in [-0.2, 0) is 4.79 Å². The van der Waals surface area contributed by atoms with E-state index in [-0.39, 0.29) is 9.57 Å². The van der Waals surface area contributed by atoms with Crippen molar-refractivity contribution in [1.29, 1.82) is 0 Å². The van der Waals surface area contributed by atoms with Gasteiger partial charge in [0.2, 0.25) is 5.24 Å². The van der Waals surface area contributed by atoms with E-state index in [0.717, 1.165) is 0 Å². The zero-order valence-electron chi connectivity index (χ0n) is 10.7. The van der Waals surface area contributed by atoms with Gasteiger partial charge in [0.25, 0.3) is 0 Å². The van der Waals surface area contributed by atoms with Gasteiger partial charge < -0.3 is 0 Å². The maximum atomic E-state index is 10.8. The topological polar surface area (TPSA) is 17.1 Å². The number of hydrogen-bond donors (Lipinski definition) is 0. The Hall–Kier alpha value is -0.0800. The van der Waals surface area contributed by atoms with Crippen molar-refractivity contribution in [3.63, 3.8) is 0 Å². The Morgan fingerprint density at radius 3 is 2.06 bits per heavy atom. The van der Waals surface area contributed by atoms with Crippen molar-refractivity contribution in [2.24, 2.45) is 0 Å². The maximum Gasteiger partial charge on any atom is 0.221 e. The van der Waals surface area contributed by atoms with E-state index in [0.29, 0.717) is 12.8 Å². The fourth-order valence-corrected chi connectivity index (χ4v) is 1.59. The summed E-state index contributed by atoms with van der Waals surface area (Å²) >= 11 is 9.01. The van der Waals surface area contributed by atoms with Crippen LogP contribution in [0.2, 0.25) is 0 Å². The molecule has 0 radical (unpaired) electrons. The summed E-state index contributed by atoms with van der Waals surface area (Å²) in [4.78, 5) is 10.8. The van der Waals surface area contributed by atoms with Gasteiger partial charge in [-0.25, -0.2) is 0 Å². The normalized spacial score (nSPS) is 12.6. The molecule has 3 heteroatoms. The van der Waals surface area contributed by atoms with Crippen molar-refractivity contribution < 1.29 is 4.79 Å². The lowest BCUT2D eigenvalue weighted by molar-refractivity contribution is -0.111. The van der Waals surface area contributed by atoms with Crippen molar-refractivity contribution >= 4 is 32.8 Å². The first kappa shape index (κ1) is 15.9. The summed E-state index contributed by atoms with van der Waals surface area (Å²) in [6.45, 7) is 10.4. The van der Waals surface area contributed by atoms with Crippen LogP contribution in [0, 0.1) is 0 Å². The highest BCUT2D eigenvalue weighted by Gasteiger charge is 2.19. The summed E-state index contributed by atoms with van der Waals surface area (Å²) < 4.78 is -0.101. The molecule has 1 nitrogen and oxygen atoms in total. The molecule has 0 bridgehead atoms. The molecule has 0 aromatic carbocycles. The predicted octanol–water partition coefficient (Wildman–Crippen LogP) is 4.99. The predicted molar refractivity (Wildman–Crippen MR) is 75.2 cm³/mol. The van der Waals surface area contributed by atoms with Gasteiger partial charge in [-0.2, -0.15) is 0 Å². The van der Waals surface area contributed by atoms with Crippen LogP contribution in [0.5, 0.6) is 0 Å². The van der Waals surface area contributed by atoms with Crippen molar-refractivity contribution in [2.45, 2.75) is 51.8 Å². The van der Waals surface area contributed by atoms with Gasteiger partial charge >= 0.3 is 0 Å². The summed E-state index contributed by atoms with van der Waals surface area (Å²) in [6.07, 6.45) is 3.23. The summed E-state index contributed by atoms with van der Waals surface area (Å²) in [7, 11) is 0. The van der Waals surface area contributed by atoms with E-state index in [1.54, 1.807) is 0 Å². The van der Waals surface area contributed by atoms with E-state index in [4.69, 9.17) is 11.6 Å². The maximum absolute atomic E-state index is 10.8. The molecule has 0 rings (SSSR count). The van der Waals surface area contributed by atoms with Crippen LogP contribution in [0.1, 0.15) is 47.5 Å². The summed E-state index contributed by atoms with van der Waals surface area (Å²) in [5.41, 5.74) is 3.72. The molecule has 16 heavy (non-hydrogen) atoms. The fourth-order valence-electron chi connectivity index (χ4n) is 1.18. The van der Waals surface area contributed by atoms with E-state index in [1.807, 2.05) is 0 Å². The third-order valence-electron chi connectivity index (χ3n) is 2.53. The Morgan fingerprint density at radius 2 is 1.75 bits per heavy atom. The Balaban J connectivity index is 4.97. The Labute approximate surface area is 112 Å². The zero-order chi connectivity index (χ0) is 12.9. The number of allylic oxidation sites excluding steroid dienone is 4. The summed E-state index contributed by atoms with van der Waals surface area (Å²) in [6, 6.07) is 0. The first-order valence-electron chi connectivity index (χ1n) is 5.37. The van der Waals surface area contributed by atoms with Gasteiger partial charge in [-0.3, -0.25) is 4.79 Å². The molecule has 0 saturated heterocycles. The third kappa shape index (κ3) is 6.49. The Morgan fingerprint density at radius 1 is 1.25 bits per heavy atom. The fraction of sp³-hybridized carbons (Fsp3) is 0.615. The molecule has 0 heterocycles. The van der Waals surface area contributed by atoms with Gasteiger partial charge in [0.05, 0.1) is 0 Å². The molecule has 92 valence electrons. The van der Waals surface area contributed by atoms with Crippen molar-refractivity contribution in [2.75, 3.05) is 0 Å². The van der Waals surface area contributed by atoms with E-state index >= 15 is 0 Å². The van der Waals surface area contributed by atoms with Gasteiger partial charge in [-0.1, -0.05) is 38.7 Å². The molecule has 0 aromatic heterocycles. The van der Waals surface area contributed by atoms with Crippen molar-refractivity contribution in [1.82, 2.24) is 0 Å². The molecule has 0 aliphatic carbocycles. The Kier molecular flexibility index (Phi) is 6.57. The molecule has 0 spiro atoms. The van der Waals surface area contributed by atoms with Gasteiger partial charge in [0.1, 0.15) is 0 Å². The van der Waals surface area contributed by atoms with Gasteiger partial charge in [0, 0.05) is 10.7 Å². The standard InChI is InChI=1S/C13H20BrClO/c1-9(2)10(3)8-11(13(4,5)14)6-7-12(15)16/h8H,6-7H2,1-5H3. The number of carbonyl (C=O) groups is 1. The minimum atomic E-state index is -0.280. The minimum absolute atomic E-state index is 0.101. The quantitative estimate of drug-likeness (QED) is 0.397. The molecule has 0 fully saturated rings. The highest BCUT2D eigenvalue weighted by Crippen LogP contribution is 2.31. The van der Waals surface area contributed by atoms with Gasteiger partial charge in [-0.15, -0.1) is 0 Å². The van der Waals surface area contributed by atoms with Gasteiger partial charge in [-0.05, 0) is 52.6 Å². The van der Waals surface area contributed by atoms with Crippen molar-refractivity contribution in [3.8, 4) is 0 Å². The molecular weight excluding hydrogens is 287 g/mol. The van der Waals surface area contributed by atoms with Crippen LogP contribution in [0.25, 0.3) is 0 Å². The molecule has 0 aromatic rings. The molecule has 0 unspecified atom stereocenters. The number of rotatable bonds is 5. The lowest BCUT2D eigenvalue weighted by atomic mass is 9.95. The first-order chi connectivity index (χ1) is 7.14. The molecular formula is C13H20BrClO. The molecule has 0 N–H and O–H groups in total. The number of halogens is 2. The summed E-state index contributed by atoms with van der Waals surface area (Å²) in [5.74, 6) is 0. The van der Waals surface area contributed by atoms with Crippen LogP contribution in [0.4, 0.5) is 0 Å². The number of alkyl halides is 1. The van der Waals surface area contributed by atoms with Crippen LogP contribution in [-0.4, -0.2) is 9.57 Å². The molecule has 0 aliphatic heterocycles. The zero-order valence-corrected chi connectivity index (χ0v) is 13.0. The monoisotopic (exact) mass is 306 g/mol. The second-order valence-corrected chi connectivity index (χ2v) is 7.08. The second-order valence-electron chi connectivity index (χ2n) is 4.68. The average molecular weight is 308 g/mol. The molecule has 0 amide bonds. The lowest BCUT2D eigenvalue weighted by Gasteiger charge is -2.21. The number of hydrogen-bond acceptors (Lipinski definition) is 1. The van der Waals surface area contributed by atoms with E-state index in [1.165, 1.54) is 16.7 Å². The van der Waals surface area contributed by atoms with E-state index in [9.17, 15) is 4.79 Å². The lowest BCUT2D eigenvalue weighted by Crippen LogP contribution is -2.14. The molecule has 0 atom stereocenters. The third-order valence-corrected chi connectivity index (χ3v) is 3.23. The highest BCUT2D eigenvalue weighted by molar-refractivity contribution is 9.10. The second kappa shape index (κ2) is 6.61. The SMILES string of the molecule is CC(C)=C(C)C=C(CCC(=O)Cl)C(C)(C)Br.